The summed E-state index contributed by atoms with van der Waals surface area (Å²) in [5.74, 6) is 0.716. The molecule has 0 amide bonds. The predicted molar refractivity (Wildman–Crippen MR) is 74.6 cm³/mol. The van der Waals surface area contributed by atoms with Crippen LogP contribution in [0.2, 0.25) is 0 Å². The largest absolute Gasteiger partial charge is 0.507 e. The van der Waals surface area contributed by atoms with Gasteiger partial charge in [0.2, 0.25) is 5.82 Å². The minimum Gasteiger partial charge on any atom is -0.507 e. The second-order valence-corrected chi connectivity index (χ2v) is 5.01. The van der Waals surface area contributed by atoms with Gasteiger partial charge in [-0.05, 0) is 12.1 Å². The topological polar surface area (TPSA) is 104 Å². The molecular formula is C14H17N3O4. The van der Waals surface area contributed by atoms with Gasteiger partial charge in [0.15, 0.2) is 0 Å². The molecule has 1 aromatic carbocycles. The standard InChI is InChI=1S/C14H17N3O4/c1-19-14(4-6-20-7-5-14)13-16-12(21-17-13)10-3-2-9(15)8-11(10)18/h2-3,8,18H,4-7,15H2,1H3. The highest BCUT2D eigenvalue weighted by molar-refractivity contribution is 5.66. The number of hydrogen-bond donors (Lipinski definition) is 2. The summed E-state index contributed by atoms with van der Waals surface area (Å²) in [6.07, 6.45) is 1.33. The van der Waals surface area contributed by atoms with Crippen molar-refractivity contribution in [2.75, 3.05) is 26.1 Å². The molecule has 2 aromatic rings. The average molecular weight is 291 g/mol. The van der Waals surface area contributed by atoms with Gasteiger partial charge in [-0.2, -0.15) is 4.98 Å². The van der Waals surface area contributed by atoms with Crippen molar-refractivity contribution >= 4 is 5.69 Å². The third-order valence-electron chi connectivity index (χ3n) is 3.78. The second kappa shape index (κ2) is 5.34. The van der Waals surface area contributed by atoms with E-state index in [1.165, 1.54) is 6.07 Å². The Kier molecular flexibility index (Phi) is 3.52. The molecule has 0 atom stereocenters. The number of phenols is 1. The predicted octanol–water partition coefficient (Wildman–Crippen LogP) is 1.68. The fourth-order valence-electron chi connectivity index (χ4n) is 2.47. The fourth-order valence-corrected chi connectivity index (χ4v) is 2.47. The molecule has 7 nitrogen and oxygen atoms in total. The van der Waals surface area contributed by atoms with Crippen LogP contribution in [0.25, 0.3) is 11.5 Å². The van der Waals surface area contributed by atoms with Crippen molar-refractivity contribution in [2.24, 2.45) is 0 Å². The van der Waals surface area contributed by atoms with Gasteiger partial charge >= 0.3 is 0 Å². The number of aromatic hydroxyl groups is 1. The monoisotopic (exact) mass is 291 g/mol. The van der Waals surface area contributed by atoms with Gasteiger partial charge in [-0.25, -0.2) is 0 Å². The lowest BCUT2D eigenvalue weighted by molar-refractivity contribution is -0.101. The molecule has 1 saturated heterocycles. The van der Waals surface area contributed by atoms with Crippen LogP contribution in [0, 0.1) is 0 Å². The van der Waals surface area contributed by atoms with E-state index in [0.717, 1.165) is 0 Å². The van der Waals surface area contributed by atoms with E-state index < -0.39 is 5.60 Å². The van der Waals surface area contributed by atoms with E-state index in [1.807, 2.05) is 0 Å². The number of hydrogen-bond acceptors (Lipinski definition) is 7. The van der Waals surface area contributed by atoms with E-state index in [0.29, 0.717) is 43.1 Å². The van der Waals surface area contributed by atoms with Crippen LogP contribution >= 0.6 is 0 Å². The zero-order valence-electron chi connectivity index (χ0n) is 11.7. The van der Waals surface area contributed by atoms with Crippen molar-refractivity contribution in [3.05, 3.63) is 24.0 Å². The van der Waals surface area contributed by atoms with Crippen molar-refractivity contribution < 1.29 is 19.1 Å². The smallest absolute Gasteiger partial charge is 0.261 e. The van der Waals surface area contributed by atoms with E-state index >= 15 is 0 Å². The summed E-state index contributed by atoms with van der Waals surface area (Å²) in [5.41, 5.74) is 5.93. The summed E-state index contributed by atoms with van der Waals surface area (Å²) in [6.45, 7) is 1.18. The number of methoxy groups -OCH3 is 1. The van der Waals surface area contributed by atoms with Crippen LogP contribution in [0.5, 0.6) is 5.75 Å². The third kappa shape index (κ3) is 2.45. The fraction of sp³-hybridized carbons (Fsp3) is 0.429. The number of benzene rings is 1. The number of nitrogens with zero attached hydrogens (tertiary/aromatic N) is 2. The average Bonchev–Trinajstić information content (AvgIpc) is 2.98. The Morgan fingerprint density at radius 3 is 2.76 bits per heavy atom. The first kappa shape index (κ1) is 13.8. The number of rotatable bonds is 3. The Hall–Kier alpha value is -2.12. The summed E-state index contributed by atoms with van der Waals surface area (Å²) in [6, 6.07) is 4.75. The summed E-state index contributed by atoms with van der Waals surface area (Å²) in [7, 11) is 1.63. The zero-order valence-corrected chi connectivity index (χ0v) is 11.7. The normalized spacial score (nSPS) is 17.8. The Balaban J connectivity index is 1.95. The molecule has 3 rings (SSSR count). The summed E-state index contributed by atoms with van der Waals surface area (Å²) >= 11 is 0. The van der Waals surface area contributed by atoms with E-state index in [2.05, 4.69) is 10.1 Å². The maximum Gasteiger partial charge on any atom is 0.261 e. The van der Waals surface area contributed by atoms with Crippen LogP contribution in [-0.2, 0) is 15.1 Å². The molecule has 0 saturated carbocycles. The summed E-state index contributed by atoms with van der Waals surface area (Å²) in [5, 5.41) is 13.9. The molecule has 1 fully saturated rings. The number of ether oxygens (including phenoxy) is 2. The van der Waals surface area contributed by atoms with Crippen LogP contribution in [0.4, 0.5) is 5.69 Å². The molecule has 0 spiro atoms. The van der Waals surface area contributed by atoms with E-state index in [-0.39, 0.29) is 11.6 Å². The molecule has 0 radical (unpaired) electrons. The van der Waals surface area contributed by atoms with E-state index in [1.54, 1.807) is 19.2 Å². The van der Waals surface area contributed by atoms with Crippen LogP contribution < -0.4 is 5.73 Å². The molecule has 0 aliphatic carbocycles. The number of phenolic OH excluding ortho intramolecular Hbond substituents is 1. The Labute approximate surface area is 121 Å². The lowest BCUT2D eigenvalue weighted by Gasteiger charge is -2.32. The SMILES string of the molecule is COC1(c2noc(-c3ccc(N)cc3O)n2)CCOCC1. The van der Waals surface area contributed by atoms with E-state index in [9.17, 15) is 5.11 Å². The van der Waals surface area contributed by atoms with Gasteiger partial charge in [0.25, 0.3) is 5.89 Å². The number of nitrogen functional groups attached to an aromatic ring is 1. The first-order valence-electron chi connectivity index (χ1n) is 6.70. The Morgan fingerprint density at radius 2 is 2.10 bits per heavy atom. The number of nitrogens with two attached hydrogens (primary N) is 1. The van der Waals surface area contributed by atoms with Crippen molar-refractivity contribution in [1.29, 1.82) is 0 Å². The molecule has 21 heavy (non-hydrogen) atoms. The first-order chi connectivity index (χ1) is 10.1. The van der Waals surface area contributed by atoms with Crippen molar-refractivity contribution in [3.63, 3.8) is 0 Å². The minimum atomic E-state index is -0.594. The van der Waals surface area contributed by atoms with Gasteiger partial charge in [0.1, 0.15) is 11.4 Å². The maximum absolute atomic E-state index is 9.93. The quantitative estimate of drug-likeness (QED) is 0.829. The molecule has 2 heterocycles. The lowest BCUT2D eigenvalue weighted by atomic mass is 9.93. The lowest BCUT2D eigenvalue weighted by Crippen LogP contribution is -2.36. The van der Waals surface area contributed by atoms with Crippen molar-refractivity contribution in [1.82, 2.24) is 10.1 Å². The molecular weight excluding hydrogens is 274 g/mol. The van der Waals surface area contributed by atoms with Gasteiger partial charge in [-0.3, -0.25) is 0 Å². The molecule has 0 bridgehead atoms. The second-order valence-electron chi connectivity index (χ2n) is 5.01. The highest BCUT2D eigenvalue weighted by atomic mass is 16.5. The van der Waals surface area contributed by atoms with Gasteiger partial charge < -0.3 is 24.8 Å². The maximum atomic E-state index is 9.93. The van der Waals surface area contributed by atoms with Gasteiger partial charge in [-0.15, -0.1) is 0 Å². The van der Waals surface area contributed by atoms with Crippen molar-refractivity contribution in [3.8, 4) is 17.2 Å². The summed E-state index contributed by atoms with van der Waals surface area (Å²) < 4.78 is 16.2. The molecule has 1 aliphatic rings. The van der Waals surface area contributed by atoms with Crippen LogP contribution in [-0.4, -0.2) is 35.6 Å². The zero-order chi connectivity index (χ0) is 14.9. The first-order valence-corrected chi connectivity index (χ1v) is 6.70. The highest BCUT2D eigenvalue weighted by Crippen LogP contribution is 2.36. The molecule has 0 unspecified atom stereocenters. The summed E-state index contributed by atoms with van der Waals surface area (Å²) in [4.78, 5) is 4.38. The van der Waals surface area contributed by atoms with Gasteiger partial charge in [0, 0.05) is 44.9 Å². The number of aromatic nitrogens is 2. The molecule has 1 aromatic heterocycles. The Bertz CT molecular complexity index is 635. The van der Waals surface area contributed by atoms with E-state index in [4.69, 9.17) is 19.7 Å². The van der Waals surface area contributed by atoms with Crippen molar-refractivity contribution in [2.45, 2.75) is 18.4 Å². The minimum absolute atomic E-state index is 0.00337. The highest BCUT2D eigenvalue weighted by Gasteiger charge is 2.39. The number of anilines is 1. The Morgan fingerprint density at radius 1 is 1.33 bits per heavy atom. The van der Waals surface area contributed by atoms with Crippen LogP contribution in [0.1, 0.15) is 18.7 Å². The van der Waals surface area contributed by atoms with Crippen LogP contribution in [0.3, 0.4) is 0 Å². The third-order valence-corrected chi connectivity index (χ3v) is 3.78. The molecule has 1 aliphatic heterocycles. The molecule has 112 valence electrons. The molecule has 3 N–H and O–H groups in total. The van der Waals surface area contributed by atoms with Crippen LogP contribution in [0.15, 0.2) is 22.7 Å². The molecule has 7 heteroatoms. The van der Waals surface area contributed by atoms with Gasteiger partial charge in [0.05, 0.1) is 5.56 Å². The van der Waals surface area contributed by atoms with Gasteiger partial charge in [-0.1, -0.05) is 5.16 Å².